The first-order valence-electron chi connectivity index (χ1n) is 4.99. The Morgan fingerprint density at radius 3 is 1.93 bits per heavy atom. The van der Waals surface area contributed by atoms with E-state index in [1.54, 1.807) is 0 Å². The van der Waals surface area contributed by atoms with Crippen LogP contribution in [0.2, 0.25) is 0 Å². The van der Waals surface area contributed by atoms with Crippen LogP contribution in [0.3, 0.4) is 0 Å². The van der Waals surface area contributed by atoms with Gasteiger partial charge in [-0.05, 0) is 30.9 Å². The molecule has 0 aliphatic rings. The third-order valence-electron chi connectivity index (χ3n) is 2.62. The summed E-state index contributed by atoms with van der Waals surface area (Å²) >= 11 is 0. The van der Waals surface area contributed by atoms with Gasteiger partial charge in [0.25, 0.3) is 0 Å². The summed E-state index contributed by atoms with van der Waals surface area (Å²) in [5, 5.41) is 9.61. The van der Waals surface area contributed by atoms with E-state index in [9.17, 15) is 5.11 Å². The summed E-state index contributed by atoms with van der Waals surface area (Å²) in [6, 6.07) is 3.93. The van der Waals surface area contributed by atoms with E-state index in [1.807, 2.05) is 26.0 Å². The Labute approximate surface area is 87.6 Å². The maximum atomic E-state index is 9.61. The molecule has 2 radical (unpaired) electrons. The van der Waals surface area contributed by atoms with Crippen LogP contribution in [-0.4, -0.2) is 13.0 Å². The summed E-state index contributed by atoms with van der Waals surface area (Å²) in [4.78, 5) is 0. The summed E-state index contributed by atoms with van der Waals surface area (Å²) in [6.45, 7) is 8.00. The minimum atomic E-state index is 0.0491. The lowest BCUT2D eigenvalue weighted by molar-refractivity contribution is 0.466. The number of phenols is 1. The fourth-order valence-corrected chi connectivity index (χ4v) is 1.57. The maximum absolute atomic E-state index is 9.61. The van der Waals surface area contributed by atoms with Gasteiger partial charge in [0.05, 0.1) is 7.85 Å². The predicted octanol–water partition coefficient (Wildman–Crippen LogP) is 2.87. The first-order valence-corrected chi connectivity index (χ1v) is 4.99. The number of benzene rings is 1. The molecule has 74 valence electrons. The summed E-state index contributed by atoms with van der Waals surface area (Å²) < 4.78 is 0. The van der Waals surface area contributed by atoms with Crippen LogP contribution < -0.4 is 0 Å². The van der Waals surface area contributed by atoms with Crippen LogP contribution in [0.25, 0.3) is 0 Å². The smallest absolute Gasteiger partial charge is 0.121 e. The van der Waals surface area contributed by atoms with Crippen LogP contribution in [-0.2, 0) is 0 Å². The molecule has 2 heteroatoms. The lowest BCUT2D eigenvalue weighted by Crippen LogP contribution is -2.06. The summed E-state index contributed by atoms with van der Waals surface area (Å²) in [5.41, 5.74) is 2.90. The molecule has 1 atom stereocenters. The van der Waals surface area contributed by atoms with Gasteiger partial charge in [-0.25, -0.2) is 0 Å². The van der Waals surface area contributed by atoms with Crippen molar-refractivity contribution in [3.63, 3.8) is 0 Å². The summed E-state index contributed by atoms with van der Waals surface area (Å²) in [7, 11) is 6.04. The lowest BCUT2D eigenvalue weighted by Gasteiger charge is -2.18. The van der Waals surface area contributed by atoms with Crippen molar-refractivity contribution in [2.75, 3.05) is 0 Å². The Hall–Kier alpha value is -0.915. The van der Waals surface area contributed by atoms with Gasteiger partial charge in [0.15, 0.2) is 0 Å². The molecule has 1 unspecified atom stereocenters. The highest BCUT2D eigenvalue weighted by Crippen LogP contribution is 2.28. The van der Waals surface area contributed by atoms with Gasteiger partial charge in [-0.3, -0.25) is 0 Å². The fraction of sp³-hybridized carbons (Fsp3) is 0.500. The third kappa shape index (κ3) is 2.12. The summed E-state index contributed by atoms with van der Waals surface area (Å²) in [6.07, 6.45) is 0. The largest absolute Gasteiger partial charge is 0.507 e. The van der Waals surface area contributed by atoms with Gasteiger partial charge < -0.3 is 5.11 Å². The van der Waals surface area contributed by atoms with Crippen LogP contribution in [0.4, 0.5) is 0 Å². The van der Waals surface area contributed by atoms with E-state index in [0.717, 1.165) is 16.7 Å². The van der Waals surface area contributed by atoms with Crippen LogP contribution in [0.15, 0.2) is 12.1 Å². The zero-order valence-corrected chi connectivity index (χ0v) is 9.33. The Bertz CT molecular complexity index is 308. The normalized spacial score (nSPS) is 13.2. The first kappa shape index (κ1) is 11.2. The Balaban J connectivity index is 3.12. The topological polar surface area (TPSA) is 20.2 Å². The fourth-order valence-electron chi connectivity index (χ4n) is 1.57. The molecule has 0 spiro atoms. The molecule has 14 heavy (non-hydrogen) atoms. The molecule has 0 amide bonds. The highest BCUT2D eigenvalue weighted by atomic mass is 16.3. The second kappa shape index (κ2) is 4.08. The number of rotatable bonds is 2. The molecule has 0 saturated heterocycles. The van der Waals surface area contributed by atoms with E-state index in [1.165, 1.54) is 0 Å². The van der Waals surface area contributed by atoms with Crippen molar-refractivity contribution in [2.45, 2.75) is 33.5 Å². The molecule has 0 heterocycles. The first-order chi connectivity index (χ1) is 6.43. The van der Waals surface area contributed by atoms with Gasteiger partial charge in [0, 0.05) is 0 Å². The van der Waals surface area contributed by atoms with E-state index in [4.69, 9.17) is 7.85 Å². The van der Waals surface area contributed by atoms with Gasteiger partial charge in [0.2, 0.25) is 0 Å². The van der Waals surface area contributed by atoms with Crippen molar-refractivity contribution in [1.82, 2.24) is 0 Å². The SMILES string of the molecule is [B]C(c1cc(C)c(O)c(C)c1)C(C)C. The van der Waals surface area contributed by atoms with Crippen molar-refractivity contribution >= 4 is 7.85 Å². The van der Waals surface area contributed by atoms with Crippen molar-refractivity contribution in [3.05, 3.63) is 28.8 Å². The van der Waals surface area contributed by atoms with E-state index in [0.29, 0.717) is 11.7 Å². The minimum absolute atomic E-state index is 0.0491. The van der Waals surface area contributed by atoms with E-state index in [2.05, 4.69) is 13.8 Å². The van der Waals surface area contributed by atoms with Gasteiger partial charge in [0.1, 0.15) is 5.75 Å². The number of aryl methyl sites for hydroxylation is 2. The molecule has 0 aliphatic heterocycles. The average Bonchev–Trinajstić information content (AvgIpc) is 2.12. The standard InChI is InChI=1S/C12H17BO/c1-7(2)11(13)10-5-8(3)12(14)9(4)6-10/h5-7,11,14H,1-4H3. The highest BCUT2D eigenvalue weighted by Gasteiger charge is 2.12. The molecule has 0 aromatic heterocycles. The minimum Gasteiger partial charge on any atom is -0.507 e. The van der Waals surface area contributed by atoms with Crippen LogP contribution >= 0.6 is 0 Å². The van der Waals surface area contributed by atoms with Crippen molar-refractivity contribution in [3.8, 4) is 5.75 Å². The summed E-state index contributed by atoms with van der Waals surface area (Å²) in [5.74, 6) is 0.844. The van der Waals surface area contributed by atoms with Crippen molar-refractivity contribution in [2.24, 2.45) is 5.92 Å². The molecule has 0 aliphatic carbocycles. The third-order valence-corrected chi connectivity index (χ3v) is 2.62. The van der Waals surface area contributed by atoms with Crippen LogP contribution in [0, 0.1) is 19.8 Å². The van der Waals surface area contributed by atoms with Gasteiger partial charge in [-0.2, -0.15) is 0 Å². The Morgan fingerprint density at radius 1 is 1.14 bits per heavy atom. The van der Waals surface area contributed by atoms with Gasteiger partial charge >= 0.3 is 0 Å². The monoisotopic (exact) mass is 188 g/mol. The molecule has 1 rings (SSSR count). The van der Waals surface area contributed by atoms with Gasteiger partial charge in [-0.15, -0.1) is 0 Å². The van der Waals surface area contributed by atoms with Crippen LogP contribution in [0.1, 0.15) is 36.4 Å². The number of hydrogen-bond donors (Lipinski definition) is 1. The quantitative estimate of drug-likeness (QED) is 0.707. The molecular weight excluding hydrogens is 171 g/mol. The Kier molecular flexibility index (Phi) is 3.25. The lowest BCUT2D eigenvalue weighted by atomic mass is 9.73. The molecule has 1 nitrogen and oxygen atoms in total. The predicted molar refractivity (Wildman–Crippen MR) is 60.9 cm³/mol. The average molecular weight is 188 g/mol. The zero-order valence-electron chi connectivity index (χ0n) is 9.33. The number of hydrogen-bond acceptors (Lipinski definition) is 1. The number of aromatic hydroxyl groups is 1. The maximum Gasteiger partial charge on any atom is 0.121 e. The second-order valence-corrected chi connectivity index (χ2v) is 4.27. The molecular formula is C12H17BO. The number of phenolic OH excluding ortho intramolecular Hbond substituents is 1. The van der Waals surface area contributed by atoms with Crippen molar-refractivity contribution in [1.29, 1.82) is 0 Å². The molecule has 0 bridgehead atoms. The van der Waals surface area contributed by atoms with Crippen LogP contribution in [0.5, 0.6) is 5.75 Å². The van der Waals surface area contributed by atoms with E-state index < -0.39 is 0 Å². The van der Waals surface area contributed by atoms with E-state index in [-0.39, 0.29) is 5.82 Å². The molecule has 1 aromatic rings. The zero-order chi connectivity index (χ0) is 10.9. The molecule has 0 saturated carbocycles. The molecule has 1 aromatic carbocycles. The highest BCUT2D eigenvalue weighted by molar-refractivity contribution is 6.12. The van der Waals surface area contributed by atoms with Gasteiger partial charge in [-0.1, -0.05) is 37.4 Å². The Morgan fingerprint density at radius 2 is 1.57 bits per heavy atom. The second-order valence-electron chi connectivity index (χ2n) is 4.27. The van der Waals surface area contributed by atoms with E-state index >= 15 is 0 Å². The molecule has 0 fully saturated rings. The van der Waals surface area contributed by atoms with Crippen molar-refractivity contribution < 1.29 is 5.11 Å². The molecule has 1 N–H and O–H groups in total.